The maximum atomic E-state index is 13.1. The molecule has 1 aliphatic heterocycles. The van der Waals surface area contributed by atoms with E-state index in [1.165, 1.54) is 0 Å². The summed E-state index contributed by atoms with van der Waals surface area (Å²) >= 11 is 4.53. The predicted molar refractivity (Wildman–Crippen MR) is 69.6 cm³/mol. The van der Waals surface area contributed by atoms with E-state index < -0.39 is 42.1 Å². The Morgan fingerprint density at radius 2 is 2.10 bits per heavy atom. The summed E-state index contributed by atoms with van der Waals surface area (Å²) in [5, 5.41) is 12.2. The van der Waals surface area contributed by atoms with E-state index >= 15 is 0 Å². The van der Waals surface area contributed by atoms with Gasteiger partial charge in [-0.1, -0.05) is 0 Å². The summed E-state index contributed by atoms with van der Waals surface area (Å²) in [5.41, 5.74) is -0.563. The van der Waals surface area contributed by atoms with E-state index in [-0.39, 0.29) is 11.1 Å². The normalized spacial score (nSPS) is 25.9. The number of aliphatic hydroxyl groups excluding tert-OH is 1. The summed E-state index contributed by atoms with van der Waals surface area (Å²) in [6.07, 6.45) is -0.458. The first-order valence-electron chi connectivity index (χ1n) is 6.06. The zero-order valence-corrected chi connectivity index (χ0v) is 11.9. The van der Waals surface area contributed by atoms with Crippen LogP contribution in [0.3, 0.4) is 0 Å². The molecular formula is C11H12ClF2N3O2S. The summed E-state index contributed by atoms with van der Waals surface area (Å²) in [7, 11) is 0. The van der Waals surface area contributed by atoms with Crippen LogP contribution in [0.25, 0.3) is 0 Å². The molecule has 0 radical (unpaired) electrons. The van der Waals surface area contributed by atoms with Crippen molar-refractivity contribution in [2.45, 2.75) is 35.6 Å². The van der Waals surface area contributed by atoms with Gasteiger partial charge in [-0.3, -0.25) is 0 Å². The lowest BCUT2D eigenvalue weighted by atomic mass is 9.74. The summed E-state index contributed by atoms with van der Waals surface area (Å²) in [6.45, 7) is -0.453. The van der Waals surface area contributed by atoms with Crippen molar-refractivity contribution in [3.05, 3.63) is 11.0 Å². The number of hydrogen-bond donors (Lipinski definition) is 2. The molecule has 1 aromatic heterocycles. The second kappa shape index (κ2) is 4.66. The van der Waals surface area contributed by atoms with Gasteiger partial charge in [0.05, 0.1) is 12.1 Å². The third-order valence-corrected chi connectivity index (χ3v) is 5.17. The fourth-order valence-electron chi connectivity index (χ4n) is 2.68. The molecule has 110 valence electrons. The van der Waals surface area contributed by atoms with Gasteiger partial charge in [-0.2, -0.15) is 4.98 Å². The van der Waals surface area contributed by atoms with E-state index in [4.69, 9.17) is 11.6 Å². The molecule has 1 fully saturated rings. The van der Waals surface area contributed by atoms with Gasteiger partial charge in [-0.25, -0.2) is 13.8 Å². The highest BCUT2D eigenvalue weighted by Crippen LogP contribution is 2.48. The minimum atomic E-state index is -2.80. The van der Waals surface area contributed by atoms with Crippen LogP contribution in [0.4, 0.5) is 14.6 Å². The van der Waals surface area contributed by atoms with E-state index in [9.17, 15) is 18.4 Å². The maximum Gasteiger partial charge on any atom is 0.252 e. The lowest BCUT2D eigenvalue weighted by Crippen LogP contribution is -2.59. The number of aromatic nitrogens is 2. The SMILES string of the molecule is [O-][S@+]1CCc2nc(Cl)nc(NC3(CO)CC(F)(F)C3)c21. The summed E-state index contributed by atoms with van der Waals surface area (Å²) in [6, 6.07) is 0. The van der Waals surface area contributed by atoms with Gasteiger partial charge < -0.3 is 15.0 Å². The Bertz CT molecular complexity index is 553. The number of anilines is 1. The van der Waals surface area contributed by atoms with Gasteiger partial charge >= 0.3 is 0 Å². The molecule has 3 rings (SSSR count). The molecule has 2 aliphatic rings. The predicted octanol–water partition coefficient (Wildman–Crippen LogP) is 1.37. The summed E-state index contributed by atoms with van der Waals surface area (Å²) in [5.74, 6) is -2.18. The molecule has 0 spiro atoms. The fourth-order valence-corrected chi connectivity index (χ4v) is 4.17. The smallest absolute Gasteiger partial charge is 0.252 e. The molecule has 1 aromatic rings. The lowest BCUT2D eigenvalue weighted by molar-refractivity contribution is -0.126. The Labute approximate surface area is 121 Å². The first-order chi connectivity index (χ1) is 9.34. The van der Waals surface area contributed by atoms with Crippen LogP contribution in [0.5, 0.6) is 0 Å². The molecule has 1 saturated carbocycles. The number of aliphatic hydroxyl groups is 1. The Balaban J connectivity index is 1.92. The number of nitrogens with zero attached hydrogens (tertiary/aromatic N) is 2. The largest absolute Gasteiger partial charge is 0.611 e. The van der Waals surface area contributed by atoms with Crippen LogP contribution < -0.4 is 5.32 Å². The van der Waals surface area contributed by atoms with E-state index in [1.807, 2.05) is 0 Å². The topological polar surface area (TPSA) is 81.1 Å². The van der Waals surface area contributed by atoms with Crippen LogP contribution >= 0.6 is 11.6 Å². The van der Waals surface area contributed by atoms with Crippen molar-refractivity contribution in [2.75, 3.05) is 17.7 Å². The molecule has 9 heteroatoms. The molecule has 0 saturated heterocycles. The van der Waals surface area contributed by atoms with Crippen molar-refractivity contribution in [1.82, 2.24) is 9.97 Å². The number of fused-ring (bicyclic) bond motifs is 1. The average Bonchev–Trinajstić information content (AvgIpc) is 2.68. The Morgan fingerprint density at radius 1 is 1.40 bits per heavy atom. The summed E-state index contributed by atoms with van der Waals surface area (Å²) in [4.78, 5) is 8.37. The third-order valence-electron chi connectivity index (χ3n) is 3.54. The molecule has 0 aromatic carbocycles. The standard InChI is InChI=1S/C11H12ClF2N3O2S/c12-9-15-6-1-2-20(19)7(6)8(16-9)17-10(5-18)3-11(13,14)4-10/h18H,1-5H2,(H,15,16,17)/t20-/m1/s1. The van der Waals surface area contributed by atoms with E-state index in [0.29, 0.717) is 22.8 Å². The van der Waals surface area contributed by atoms with E-state index in [2.05, 4.69) is 15.3 Å². The lowest BCUT2D eigenvalue weighted by Gasteiger charge is -2.46. The monoisotopic (exact) mass is 323 g/mol. The number of alkyl halides is 2. The highest BCUT2D eigenvalue weighted by atomic mass is 35.5. The highest BCUT2D eigenvalue weighted by molar-refractivity contribution is 7.91. The van der Waals surface area contributed by atoms with Crippen molar-refractivity contribution < 1.29 is 18.4 Å². The zero-order chi connectivity index (χ0) is 14.5. The highest BCUT2D eigenvalue weighted by Gasteiger charge is 2.57. The fraction of sp³-hybridized carbons (Fsp3) is 0.636. The second-order valence-corrected chi connectivity index (χ2v) is 7.04. The van der Waals surface area contributed by atoms with Crippen LogP contribution in [0.15, 0.2) is 4.90 Å². The number of aryl methyl sites for hydroxylation is 1. The third kappa shape index (κ3) is 2.34. The van der Waals surface area contributed by atoms with Gasteiger partial charge in [-0.05, 0) is 22.8 Å². The van der Waals surface area contributed by atoms with Crippen molar-refractivity contribution in [1.29, 1.82) is 0 Å². The molecule has 0 bridgehead atoms. The van der Waals surface area contributed by atoms with Crippen LogP contribution in [0.2, 0.25) is 5.28 Å². The number of nitrogens with one attached hydrogen (secondary N) is 1. The minimum absolute atomic E-state index is 0.0238. The molecule has 0 unspecified atom stereocenters. The second-order valence-electron chi connectivity index (χ2n) is 5.19. The molecule has 20 heavy (non-hydrogen) atoms. The van der Waals surface area contributed by atoms with Gasteiger partial charge in [0, 0.05) is 19.3 Å². The molecule has 1 atom stereocenters. The molecule has 2 N–H and O–H groups in total. The van der Waals surface area contributed by atoms with Gasteiger partial charge in [0.15, 0.2) is 5.82 Å². The van der Waals surface area contributed by atoms with Crippen molar-refractivity contribution >= 4 is 28.6 Å². The number of halogens is 3. The average molecular weight is 324 g/mol. The molecule has 1 aliphatic carbocycles. The Morgan fingerprint density at radius 3 is 2.70 bits per heavy atom. The van der Waals surface area contributed by atoms with Crippen LogP contribution in [0, 0.1) is 0 Å². The van der Waals surface area contributed by atoms with Gasteiger partial charge in [0.2, 0.25) is 10.2 Å². The Kier molecular flexibility index (Phi) is 3.32. The van der Waals surface area contributed by atoms with Crippen molar-refractivity contribution in [2.24, 2.45) is 0 Å². The van der Waals surface area contributed by atoms with Crippen molar-refractivity contribution in [3.8, 4) is 0 Å². The first-order valence-corrected chi connectivity index (χ1v) is 7.76. The van der Waals surface area contributed by atoms with Gasteiger partial charge in [0.25, 0.3) is 5.92 Å². The van der Waals surface area contributed by atoms with Crippen LogP contribution in [-0.2, 0) is 17.6 Å². The first kappa shape index (κ1) is 14.2. The molecule has 2 heterocycles. The van der Waals surface area contributed by atoms with Crippen LogP contribution in [-0.4, -0.2) is 43.4 Å². The van der Waals surface area contributed by atoms with E-state index in [0.717, 1.165) is 0 Å². The summed E-state index contributed by atoms with van der Waals surface area (Å²) < 4.78 is 38.1. The van der Waals surface area contributed by atoms with Crippen molar-refractivity contribution in [3.63, 3.8) is 0 Å². The quantitative estimate of drug-likeness (QED) is 0.648. The van der Waals surface area contributed by atoms with Crippen LogP contribution in [0.1, 0.15) is 18.5 Å². The zero-order valence-electron chi connectivity index (χ0n) is 10.3. The number of rotatable bonds is 3. The van der Waals surface area contributed by atoms with E-state index in [1.54, 1.807) is 0 Å². The molecule has 5 nitrogen and oxygen atoms in total. The minimum Gasteiger partial charge on any atom is -0.611 e. The number of hydrogen-bond acceptors (Lipinski definition) is 5. The molecular weight excluding hydrogens is 312 g/mol. The molecule has 0 amide bonds. The van der Waals surface area contributed by atoms with Gasteiger partial charge in [-0.15, -0.1) is 0 Å². The Hall–Kier alpha value is -0.700. The van der Waals surface area contributed by atoms with Gasteiger partial charge in [0.1, 0.15) is 11.4 Å². The maximum absolute atomic E-state index is 13.1.